The van der Waals surface area contributed by atoms with Gasteiger partial charge >= 0.3 is 5.97 Å². The first-order valence-corrected chi connectivity index (χ1v) is 6.87. The van der Waals surface area contributed by atoms with Crippen LogP contribution in [0.1, 0.15) is 15.9 Å². The van der Waals surface area contributed by atoms with Crippen LogP contribution in [0.25, 0.3) is 0 Å². The van der Waals surface area contributed by atoms with Crippen LogP contribution < -0.4 is 10.6 Å². The Labute approximate surface area is 129 Å². The smallest absolute Gasteiger partial charge is 0.337 e. The molecule has 0 fully saturated rings. The normalized spacial score (nSPS) is 9.76. The predicted octanol–water partition coefficient (Wildman–Crippen LogP) is 2.96. The lowest BCUT2D eigenvalue weighted by Gasteiger charge is -2.10. The van der Waals surface area contributed by atoms with E-state index in [2.05, 4.69) is 15.4 Å². The monoisotopic (exact) mass is 300 g/mol. The lowest BCUT2D eigenvalue weighted by Crippen LogP contribution is -2.27. The molecule has 0 aromatic heterocycles. The second-order valence-corrected chi connectivity index (χ2v) is 4.77. The highest BCUT2D eigenvalue weighted by Crippen LogP contribution is 2.07. The maximum absolute atomic E-state index is 11.3. The maximum atomic E-state index is 11.3. The van der Waals surface area contributed by atoms with Gasteiger partial charge in [-0.25, -0.2) is 4.79 Å². The number of para-hydroxylation sites is 1. The zero-order chi connectivity index (χ0) is 15.1. The number of thiocarbonyl (C=S) groups is 1. The largest absolute Gasteiger partial charge is 0.465 e. The molecule has 0 bridgehead atoms. The van der Waals surface area contributed by atoms with Crippen LogP contribution in [0.2, 0.25) is 0 Å². The van der Waals surface area contributed by atoms with Crippen LogP contribution in [-0.4, -0.2) is 18.2 Å². The molecule has 2 rings (SSSR count). The highest BCUT2D eigenvalue weighted by Gasteiger charge is 2.04. The Hall–Kier alpha value is -2.40. The summed E-state index contributed by atoms with van der Waals surface area (Å²) in [6.07, 6.45) is 0. The fourth-order valence-electron chi connectivity index (χ4n) is 1.76. The van der Waals surface area contributed by atoms with Gasteiger partial charge in [-0.2, -0.15) is 0 Å². The summed E-state index contributed by atoms with van der Waals surface area (Å²) in [6.45, 7) is 0.583. The van der Waals surface area contributed by atoms with E-state index in [0.29, 0.717) is 17.2 Å². The molecule has 0 aliphatic rings. The Morgan fingerprint density at radius 3 is 2.38 bits per heavy atom. The molecule has 2 N–H and O–H groups in total. The third-order valence-corrected chi connectivity index (χ3v) is 3.11. The van der Waals surface area contributed by atoms with Crippen LogP contribution >= 0.6 is 12.2 Å². The fourth-order valence-corrected chi connectivity index (χ4v) is 1.95. The summed E-state index contributed by atoms with van der Waals surface area (Å²) in [4.78, 5) is 11.3. The van der Waals surface area contributed by atoms with E-state index >= 15 is 0 Å². The SMILES string of the molecule is COC(=O)c1ccc(CNC(=S)Nc2ccccc2)cc1. The molecule has 0 radical (unpaired) electrons. The average molecular weight is 300 g/mol. The van der Waals surface area contributed by atoms with Gasteiger partial charge in [-0.1, -0.05) is 30.3 Å². The highest BCUT2D eigenvalue weighted by molar-refractivity contribution is 7.80. The minimum Gasteiger partial charge on any atom is -0.465 e. The Balaban J connectivity index is 1.85. The van der Waals surface area contributed by atoms with Gasteiger partial charge < -0.3 is 15.4 Å². The molecule has 4 nitrogen and oxygen atoms in total. The van der Waals surface area contributed by atoms with Crippen molar-refractivity contribution in [2.24, 2.45) is 0 Å². The summed E-state index contributed by atoms with van der Waals surface area (Å²) in [5.41, 5.74) is 2.50. The van der Waals surface area contributed by atoms with Crippen molar-refractivity contribution in [2.45, 2.75) is 6.54 Å². The van der Waals surface area contributed by atoms with Crippen molar-refractivity contribution in [2.75, 3.05) is 12.4 Å². The Bertz CT molecular complexity index is 612. The molecule has 2 aromatic carbocycles. The van der Waals surface area contributed by atoms with Crippen LogP contribution in [-0.2, 0) is 11.3 Å². The zero-order valence-corrected chi connectivity index (χ0v) is 12.4. The standard InChI is InChI=1S/C16H16N2O2S/c1-20-15(19)13-9-7-12(8-10-13)11-17-16(21)18-14-5-3-2-4-6-14/h2-10H,11H2,1H3,(H2,17,18,21). The number of carbonyl (C=O) groups is 1. The number of rotatable bonds is 4. The molecule has 2 aromatic rings. The molecular formula is C16H16N2O2S. The second-order valence-electron chi connectivity index (χ2n) is 4.36. The fraction of sp³-hybridized carbons (Fsp3) is 0.125. The molecule has 0 saturated heterocycles. The minimum atomic E-state index is -0.337. The average Bonchev–Trinajstić information content (AvgIpc) is 2.53. The van der Waals surface area contributed by atoms with Crippen LogP contribution in [0.4, 0.5) is 5.69 Å². The first-order valence-electron chi connectivity index (χ1n) is 6.46. The lowest BCUT2D eigenvalue weighted by molar-refractivity contribution is 0.0600. The first-order chi connectivity index (χ1) is 10.2. The van der Waals surface area contributed by atoms with Crippen molar-refractivity contribution >= 4 is 29.0 Å². The molecule has 0 amide bonds. The van der Waals surface area contributed by atoms with E-state index in [1.165, 1.54) is 7.11 Å². The van der Waals surface area contributed by atoms with E-state index in [0.717, 1.165) is 11.3 Å². The van der Waals surface area contributed by atoms with Gasteiger partial charge in [0.2, 0.25) is 0 Å². The van der Waals surface area contributed by atoms with Crippen molar-refractivity contribution in [3.8, 4) is 0 Å². The summed E-state index contributed by atoms with van der Waals surface area (Å²) in [6, 6.07) is 16.9. The lowest BCUT2D eigenvalue weighted by atomic mass is 10.1. The second kappa shape index (κ2) is 7.40. The number of anilines is 1. The number of carbonyl (C=O) groups excluding carboxylic acids is 1. The highest BCUT2D eigenvalue weighted by atomic mass is 32.1. The molecule has 0 aliphatic carbocycles. The van der Waals surface area contributed by atoms with Crippen LogP contribution in [0.5, 0.6) is 0 Å². The zero-order valence-electron chi connectivity index (χ0n) is 11.6. The van der Waals surface area contributed by atoms with Gasteiger partial charge in [0.05, 0.1) is 12.7 Å². The molecule has 0 saturated carbocycles. The molecule has 0 unspecified atom stereocenters. The van der Waals surface area contributed by atoms with Crippen molar-refractivity contribution in [3.63, 3.8) is 0 Å². The molecule has 0 heterocycles. The Kier molecular flexibility index (Phi) is 5.29. The van der Waals surface area contributed by atoms with Crippen molar-refractivity contribution in [1.82, 2.24) is 5.32 Å². The van der Waals surface area contributed by atoms with Gasteiger partial charge in [-0.3, -0.25) is 0 Å². The number of esters is 1. The van der Waals surface area contributed by atoms with E-state index < -0.39 is 0 Å². The van der Waals surface area contributed by atoms with Crippen LogP contribution in [0.3, 0.4) is 0 Å². The number of hydrogen-bond acceptors (Lipinski definition) is 3. The van der Waals surface area contributed by atoms with Crippen LogP contribution in [0, 0.1) is 0 Å². The summed E-state index contributed by atoms with van der Waals surface area (Å²) in [7, 11) is 1.37. The van der Waals surface area contributed by atoms with Crippen molar-refractivity contribution in [3.05, 3.63) is 65.7 Å². The van der Waals surface area contributed by atoms with Crippen LogP contribution in [0.15, 0.2) is 54.6 Å². The van der Waals surface area contributed by atoms with Crippen molar-refractivity contribution < 1.29 is 9.53 Å². The number of ether oxygens (including phenoxy) is 1. The van der Waals surface area contributed by atoms with E-state index in [1.807, 2.05) is 42.5 Å². The van der Waals surface area contributed by atoms with Gasteiger partial charge in [-0.05, 0) is 42.0 Å². The van der Waals surface area contributed by atoms with Crippen molar-refractivity contribution in [1.29, 1.82) is 0 Å². The third-order valence-electron chi connectivity index (χ3n) is 2.86. The maximum Gasteiger partial charge on any atom is 0.337 e. The number of methoxy groups -OCH3 is 1. The van der Waals surface area contributed by atoms with E-state index in [9.17, 15) is 4.79 Å². The van der Waals surface area contributed by atoms with E-state index in [-0.39, 0.29) is 5.97 Å². The molecule has 0 atom stereocenters. The van der Waals surface area contributed by atoms with Gasteiger partial charge in [0, 0.05) is 12.2 Å². The summed E-state index contributed by atoms with van der Waals surface area (Å²) >= 11 is 5.22. The molecule has 5 heteroatoms. The number of hydrogen-bond donors (Lipinski definition) is 2. The Morgan fingerprint density at radius 1 is 1.10 bits per heavy atom. The molecule has 0 aliphatic heterocycles. The molecule has 21 heavy (non-hydrogen) atoms. The van der Waals surface area contributed by atoms with Gasteiger partial charge in [0.25, 0.3) is 0 Å². The molecule has 108 valence electrons. The first kappa shape index (κ1) is 15.0. The number of benzene rings is 2. The molecule has 0 spiro atoms. The van der Waals surface area contributed by atoms with Gasteiger partial charge in [0.1, 0.15) is 0 Å². The predicted molar refractivity (Wildman–Crippen MR) is 87.3 cm³/mol. The summed E-state index contributed by atoms with van der Waals surface area (Å²) in [5, 5.41) is 6.77. The molecular weight excluding hydrogens is 284 g/mol. The van der Waals surface area contributed by atoms with E-state index in [1.54, 1.807) is 12.1 Å². The minimum absolute atomic E-state index is 0.337. The van der Waals surface area contributed by atoms with E-state index in [4.69, 9.17) is 12.2 Å². The third kappa shape index (κ3) is 4.57. The summed E-state index contributed by atoms with van der Waals surface area (Å²) in [5.74, 6) is -0.337. The number of nitrogens with one attached hydrogen (secondary N) is 2. The summed E-state index contributed by atoms with van der Waals surface area (Å²) < 4.78 is 4.66. The van der Waals surface area contributed by atoms with Gasteiger partial charge in [0.15, 0.2) is 5.11 Å². The quantitative estimate of drug-likeness (QED) is 0.671. The Morgan fingerprint density at radius 2 is 1.76 bits per heavy atom. The topological polar surface area (TPSA) is 50.4 Å². The van der Waals surface area contributed by atoms with Gasteiger partial charge in [-0.15, -0.1) is 0 Å².